The summed E-state index contributed by atoms with van der Waals surface area (Å²) in [6, 6.07) is 8.37. The molecule has 0 aromatic heterocycles. The summed E-state index contributed by atoms with van der Waals surface area (Å²) in [7, 11) is 0. The minimum Gasteiger partial charge on any atom is -0.495 e. The zero-order valence-corrected chi connectivity index (χ0v) is 17.3. The van der Waals surface area contributed by atoms with Crippen molar-refractivity contribution in [3.05, 3.63) is 35.4 Å². The standard InChI is InChI=1S/C8H6O2.2Rb/c1-6-2-4-7(5-3-6)8(9)10;;/h4-5H,1H3,(H,9,10);;/q-2;2*+1. The van der Waals surface area contributed by atoms with Gasteiger partial charge in [-0.25, -0.2) is 0 Å². The first kappa shape index (κ1) is 16.7. The number of aromatic carboxylic acids is 1. The summed E-state index contributed by atoms with van der Waals surface area (Å²) in [6.45, 7) is 1.81. The molecule has 1 aromatic rings. The molecule has 1 aromatic carbocycles. The Morgan fingerprint density at radius 2 is 1.75 bits per heavy atom. The second-order valence-electron chi connectivity index (χ2n) is 1.96. The van der Waals surface area contributed by atoms with Crippen LogP contribution in [0.15, 0.2) is 12.1 Å². The summed E-state index contributed by atoms with van der Waals surface area (Å²) in [5.41, 5.74) is 1.05. The number of carboxylic acids is 1. The quantitative estimate of drug-likeness (QED) is 0.530. The first-order valence-electron chi connectivity index (χ1n) is 2.83. The molecule has 0 saturated heterocycles. The van der Waals surface area contributed by atoms with Crippen LogP contribution in [0.2, 0.25) is 0 Å². The largest absolute Gasteiger partial charge is 1.00 e. The van der Waals surface area contributed by atoms with Gasteiger partial charge in [-0.15, -0.1) is 0 Å². The summed E-state index contributed by atoms with van der Waals surface area (Å²) in [5.74, 6) is -0.937. The van der Waals surface area contributed by atoms with Crippen molar-refractivity contribution in [1.82, 2.24) is 0 Å². The van der Waals surface area contributed by atoms with Crippen LogP contribution in [0, 0.1) is 19.1 Å². The molecule has 1 rings (SSSR count). The molecular formula is C8H6O2Rb2. The van der Waals surface area contributed by atoms with Gasteiger partial charge < -0.3 is 17.2 Å². The van der Waals surface area contributed by atoms with E-state index in [4.69, 9.17) is 5.11 Å². The summed E-state index contributed by atoms with van der Waals surface area (Å²) in [4.78, 5) is 10.3. The third-order valence-corrected chi connectivity index (χ3v) is 1.14. The van der Waals surface area contributed by atoms with Gasteiger partial charge in [-0.3, -0.25) is 22.5 Å². The van der Waals surface area contributed by atoms with E-state index in [0.29, 0.717) is 0 Å². The molecule has 0 aliphatic heterocycles. The van der Waals surface area contributed by atoms with Gasteiger partial charge in [0.1, 0.15) is 0 Å². The Balaban J connectivity index is 0. The average Bonchev–Trinajstić information content (AvgIpc) is 1.88. The number of aryl methyl sites for hydroxylation is 1. The number of hydrogen-bond acceptors (Lipinski definition) is 1. The van der Waals surface area contributed by atoms with Gasteiger partial charge in [0.2, 0.25) is 5.97 Å². The Bertz CT molecular complexity index is 244. The molecule has 0 spiro atoms. The minimum atomic E-state index is -0.937. The van der Waals surface area contributed by atoms with Crippen LogP contribution in [0.25, 0.3) is 0 Å². The van der Waals surface area contributed by atoms with E-state index in [0.717, 1.165) is 5.56 Å². The van der Waals surface area contributed by atoms with Crippen molar-refractivity contribution in [2.24, 2.45) is 0 Å². The molecule has 0 atom stereocenters. The van der Waals surface area contributed by atoms with E-state index >= 15 is 0 Å². The van der Waals surface area contributed by atoms with E-state index in [9.17, 15) is 4.79 Å². The smallest absolute Gasteiger partial charge is 0.495 e. The molecule has 0 saturated carbocycles. The fraction of sp³-hybridized carbons (Fsp3) is 0.125. The van der Waals surface area contributed by atoms with Gasteiger partial charge in [-0.2, -0.15) is 5.56 Å². The maximum Gasteiger partial charge on any atom is 1.00 e. The number of hydrogen-bond donors (Lipinski definition) is 1. The van der Waals surface area contributed by atoms with Crippen LogP contribution in [-0.4, -0.2) is 11.1 Å². The molecule has 0 heterocycles. The molecule has 12 heavy (non-hydrogen) atoms. The SMILES string of the molecule is Cc1[c-]cc(C(=O)O)c[c-]1.[Rb+].[Rb+]. The van der Waals surface area contributed by atoms with Crippen molar-refractivity contribution >= 4 is 5.97 Å². The van der Waals surface area contributed by atoms with Gasteiger partial charge in [0.15, 0.2) is 0 Å². The number of carbonyl (C=O) groups is 1. The molecule has 52 valence electrons. The molecule has 0 bridgehead atoms. The van der Waals surface area contributed by atoms with Crippen LogP contribution in [0.4, 0.5) is 0 Å². The third kappa shape index (κ3) is 5.91. The normalized spacial score (nSPS) is 7.75. The van der Waals surface area contributed by atoms with E-state index in [1.54, 1.807) is 0 Å². The summed E-state index contributed by atoms with van der Waals surface area (Å²) in [5, 5.41) is 8.44. The fourth-order valence-electron chi connectivity index (χ4n) is 0.579. The Morgan fingerprint density at radius 3 is 2.08 bits per heavy atom. The summed E-state index contributed by atoms with van der Waals surface area (Å²) >= 11 is 0. The Morgan fingerprint density at radius 1 is 1.33 bits per heavy atom. The van der Waals surface area contributed by atoms with Gasteiger partial charge in [-0.05, 0) is 0 Å². The average molecular weight is 305 g/mol. The molecule has 0 aliphatic rings. The van der Waals surface area contributed by atoms with Crippen LogP contribution >= 0.6 is 0 Å². The Kier molecular flexibility index (Phi) is 12.0. The first-order valence-corrected chi connectivity index (χ1v) is 2.83. The van der Waals surface area contributed by atoms with Gasteiger partial charge in [-0.1, -0.05) is 6.92 Å². The Hall–Kier alpha value is 2.30. The maximum atomic E-state index is 10.3. The first-order chi connectivity index (χ1) is 4.70. The zero-order chi connectivity index (χ0) is 7.56. The predicted octanol–water partition coefficient (Wildman–Crippen LogP) is -4.70. The second-order valence-corrected chi connectivity index (χ2v) is 1.96. The molecule has 2 nitrogen and oxygen atoms in total. The van der Waals surface area contributed by atoms with Crippen LogP contribution in [0.3, 0.4) is 0 Å². The van der Waals surface area contributed by atoms with Crippen molar-refractivity contribution < 1.29 is 126 Å². The van der Waals surface area contributed by atoms with E-state index in [1.165, 1.54) is 12.1 Å². The molecule has 0 aliphatic carbocycles. The Labute approximate surface area is 170 Å². The van der Waals surface area contributed by atoms with E-state index in [-0.39, 0.29) is 122 Å². The second kappa shape index (κ2) is 8.60. The molecule has 0 radical (unpaired) electrons. The monoisotopic (exact) mass is 304 g/mol. The fourth-order valence-corrected chi connectivity index (χ4v) is 0.579. The molecule has 0 amide bonds. The maximum absolute atomic E-state index is 10.3. The number of rotatable bonds is 1. The van der Waals surface area contributed by atoms with Crippen molar-refractivity contribution in [1.29, 1.82) is 0 Å². The summed E-state index contributed by atoms with van der Waals surface area (Å²) in [6.07, 6.45) is 0. The number of carboxylic acid groups (broad SMARTS) is 1. The van der Waals surface area contributed by atoms with Crippen molar-refractivity contribution in [2.45, 2.75) is 6.92 Å². The zero-order valence-electron chi connectivity index (χ0n) is 7.51. The van der Waals surface area contributed by atoms with Crippen molar-refractivity contribution in [3.8, 4) is 0 Å². The van der Waals surface area contributed by atoms with Crippen LogP contribution in [0.5, 0.6) is 0 Å². The van der Waals surface area contributed by atoms with Crippen molar-refractivity contribution in [3.63, 3.8) is 0 Å². The van der Waals surface area contributed by atoms with Crippen LogP contribution < -0.4 is 116 Å². The number of benzene rings is 1. The van der Waals surface area contributed by atoms with Gasteiger partial charge in [0.05, 0.1) is 0 Å². The van der Waals surface area contributed by atoms with E-state index in [2.05, 4.69) is 12.1 Å². The topological polar surface area (TPSA) is 37.3 Å². The molecule has 1 N–H and O–H groups in total. The van der Waals surface area contributed by atoms with Gasteiger partial charge >= 0.3 is 116 Å². The third-order valence-electron chi connectivity index (χ3n) is 1.14. The van der Waals surface area contributed by atoms with E-state index in [1.807, 2.05) is 6.92 Å². The van der Waals surface area contributed by atoms with Crippen molar-refractivity contribution in [2.75, 3.05) is 0 Å². The van der Waals surface area contributed by atoms with Crippen LogP contribution in [0.1, 0.15) is 15.9 Å². The predicted molar refractivity (Wildman–Crippen MR) is 35.8 cm³/mol. The molecule has 4 heteroatoms. The van der Waals surface area contributed by atoms with Gasteiger partial charge in [0, 0.05) is 0 Å². The molecule has 0 fully saturated rings. The summed E-state index contributed by atoms with van der Waals surface area (Å²) < 4.78 is 0. The van der Waals surface area contributed by atoms with Crippen LogP contribution in [-0.2, 0) is 0 Å². The minimum absolute atomic E-state index is 0. The molecular weight excluding hydrogens is 299 g/mol. The molecule has 0 unspecified atom stereocenters. The van der Waals surface area contributed by atoms with E-state index < -0.39 is 5.97 Å². The van der Waals surface area contributed by atoms with Gasteiger partial charge in [0.25, 0.3) is 0 Å².